The molecule has 1 aliphatic heterocycles. The number of aromatic nitrogens is 1. The van der Waals surface area contributed by atoms with Crippen molar-refractivity contribution in [2.24, 2.45) is 10.9 Å². The Hall–Kier alpha value is -1.82. The molecular formula is C12H18N4O2. The number of methoxy groups -OCH3 is 1. The molecule has 0 radical (unpaired) electrons. The third-order valence-corrected chi connectivity index (χ3v) is 3.18. The van der Waals surface area contributed by atoms with Crippen molar-refractivity contribution in [1.82, 2.24) is 4.98 Å². The summed E-state index contributed by atoms with van der Waals surface area (Å²) in [5.74, 6) is 0.826. The monoisotopic (exact) mass is 250 g/mol. The van der Waals surface area contributed by atoms with Gasteiger partial charge in [0.05, 0.1) is 11.7 Å². The lowest BCUT2D eigenvalue weighted by Crippen LogP contribution is -2.40. The molecule has 6 heteroatoms. The van der Waals surface area contributed by atoms with E-state index in [2.05, 4.69) is 15.0 Å². The second-order valence-corrected chi connectivity index (χ2v) is 4.31. The number of piperidine rings is 1. The predicted molar refractivity (Wildman–Crippen MR) is 69.0 cm³/mol. The molecule has 98 valence electrons. The van der Waals surface area contributed by atoms with Gasteiger partial charge in [0.2, 0.25) is 0 Å². The average molecular weight is 250 g/mol. The molecule has 1 fully saturated rings. The summed E-state index contributed by atoms with van der Waals surface area (Å²) in [6, 6.07) is 3.57. The zero-order valence-electron chi connectivity index (χ0n) is 10.4. The first-order valence-electron chi connectivity index (χ1n) is 5.97. The van der Waals surface area contributed by atoms with Gasteiger partial charge in [0.1, 0.15) is 5.82 Å². The largest absolute Gasteiger partial charge is 0.409 e. The molecule has 0 amide bonds. The van der Waals surface area contributed by atoms with Crippen LogP contribution in [0.3, 0.4) is 0 Å². The number of rotatable bonds is 3. The number of anilines is 1. The van der Waals surface area contributed by atoms with Gasteiger partial charge in [0.25, 0.3) is 0 Å². The number of oxime groups is 1. The molecule has 0 bridgehead atoms. The van der Waals surface area contributed by atoms with E-state index in [9.17, 15) is 0 Å². The summed E-state index contributed by atoms with van der Waals surface area (Å²) in [7, 11) is 1.72. The van der Waals surface area contributed by atoms with Crippen LogP contribution in [0.5, 0.6) is 0 Å². The van der Waals surface area contributed by atoms with Crippen LogP contribution < -0.4 is 10.6 Å². The number of amidine groups is 1. The second kappa shape index (κ2) is 5.68. The quantitative estimate of drug-likeness (QED) is 0.358. The summed E-state index contributed by atoms with van der Waals surface area (Å²) >= 11 is 0. The molecule has 2 rings (SSSR count). The van der Waals surface area contributed by atoms with Gasteiger partial charge in [-0.2, -0.15) is 0 Å². The van der Waals surface area contributed by atoms with E-state index in [0.29, 0.717) is 5.56 Å². The minimum absolute atomic E-state index is 0.0811. The smallest absolute Gasteiger partial charge is 0.173 e. The Bertz CT molecular complexity index is 436. The highest BCUT2D eigenvalue weighted by Gasteiger charge is 2.23. The van der Waals surface area contributed by atoms with Gasteiger partial charge in [-0.1, -0.05) is 5.16 Å². The Morgan fingerprint density at radius 3 is 3.22 bits per heavy atom. The van der Waals surface area contributed by atoms with Crippen molar-refractivity contribution in [1.29, 1.82) is 0 Å². The first-order chi connectivity index (χ1) is 8.76. The summed E-state index contributed by atoms with van der Waals surface area (Å²) in [6.07, 6.45) is 4.02. The molecular weight excluding hydrogens is 232 g/mol. The summed E-state index contributed by atoms with van der Waals surface area (Å²) in [5.41, 5.74) is 6.32. The van der Waals surface area contributed by atoms with Crippen molar-refractivity contribution in [3.05, 3.63) is 23.9 Å². The fraction of sp³-hybridized carbons (Fsp3) is 0.500. The zero-order valence-corrected chi connectivity index (χ0v) is 10.4. The van der Waals surface area contributed by atoms with Crippen molar-refractivity contribution in [2.75, 3.05) is 25.1 Å². The number of hydrogen-bond acceptors (Lipinski definition) is 5. The van der Waals surface area contributed by atoms with E-state index in [0.717, 1.165) is 31.7 Å². The number of hydrogen-bond donors (Lipinski definition) is 2. The van der Waals surface area contributed by atoms with Crippen LogP contribution in [0, 0.1) is 0 Å². The minimum atomic E-state index is 0.0811. The van der Waals surface area contributed by atoms with Crippen molar-refractivity contribution >= 4 is 11.7 Å². The zero-order chi connectivity index (χ0) is 13.0. The second-order valence-electron chi connectivity index (χ2n) is 4.31. The lowest BCUT2D eigenvalue weighted by atomic mass is 10.1. The van der Waals surface area contributed by atoms with Gasteiger partial charge in [0, 0.05) is 26.4 Å². The molecule has 1 saturated heterocycles. The molecule has 0 saturated carbocycles. The number of nitrogens with two attached hydrogens (primary N) is 1. The van der Waals surface area contributed by atoms with E-state index >= 15 is 0 Å². The minimum Gasteiger partial charge on any atom is -0.409 e. The standard InChI is InChI=1S/C12H18N4O2/c1-18-9-4-3-7-16(8-9)12-10(11(13)15-17)5-2-6-14-12/h2,5-6,9,17H,3-4,7-8H2,1H3,(H2,13,15). The van der Waals surface area contributed by atoms with Crippen molar-refractivity contribution in [2.45, 2.75) is 18.9 Å². The van der Waals surface area contributed by atoms with Gasteiger partial charge in [-0.3, -0.25) is 0 Å². The van der Waals surface area contributed by atoms with Gasteiger partial charge >= 0.3 is 0 Å². The molecule has 1 aromatic rings. The van der Waals surface area contributed by atoms with Crippen LogP contribution >= 0.6 is 0 Å². The summed E-state index contributed by atoms with van der Waals surface area (Å²) in [4.78, 5) is 6.45. The molecule has 0 spiro atoms. The van der Waals surface area contributed by atoms with E-state index in [1.165, 1.54) is 0 Å². The van der Waals surface area contributed by atoms with Crippen LogP contribution in [-0.4, -0.2) is 42.3 Å². The van der Waals surface area contributed by atoms with Gasteiger partial charge in [0.15, 0.2) is 5.84 Å². The molecule has 0 aliphatic carbocycles. The molecule has 6 nitrogen and oxygen atoms in total. The Morgan fingerprint density at radius 1 is 1.67 bits per heavy atom. The highest BCUT2D eigenvalue weighted by Crippen LogP contribution is 2.22. The lowest BCUT2D eigenvalue weighted by Gasteiger charge is -2.33. The SMILES string of the molecule is COC1CCCN(c2ncccc2/C(N)=N/O)C1. The molecule has 2 heterocycles. The lowest BCUT2D eigenvalue weighted by molar-refractivity contribution is 0.0891. The van der Waals surface area contributed by atoms with Crippen molar-refractivity contribution < 1.29 is 9.94 Å². The highest BCUT2D eigenvalue weighted by molar-refractivity contribution is 6.01. The van der Waals surface area contributed by atoms with Gasteiger partial charge in [-0.15, -0.1) is 0 Å². The fourth-order valence-electron chi connectivity index (χ4n) is 2.23. The van der Waals surface area contributed by atoms with Gasteiger partial charge in [-0.05, 0) is 25.0 Å². The molecule has 1 aliphatic rings. The molecule has 1 unspecified atom stereocenters. The Balaban J connectivity index is 2.27. The maximum Gasteiger partial charge on any atom is 0.173 e. The molecule has 0 aromatic carbocycles. The predicted octanol–water partition coefficient (Wildman–Crippen LogP) is 0.791. The van der Waals surface area contributed by atoms with Crippen LogP contribution in [0.4, 0.5) is 5.82 Å². The van der Waals surface area contributed by atoms with Crippen LogP contribution in [0.1, 0.15) is 18.4 Å². The maximum absolute atomic E-state index is 8.80. The van der Waals surface area contributed by atoms with E-state index in [4.69, 9.17) is 15.7 Å². The normalized spacial score (nSPS) is 21.1. The molecule has 1 atom stereocenters. The maximum atomic E-state index is 8.80. The van der Waals surface area contributed by atoms with E-state index in [1.807, 2.05) is 0 Å². The van der Waals surface area contributed by atoms with Crippen LogP contribution in [0.25, 0.3) is 0 Å². The summed E-state index contributed by atoms with van der Waals surface area (Å²) < 4.78 is 5.39. The van der Waals surface area contributed by atoms with Gasteiger partial charge in [-0.25, -0.2) is 4.98 Å². The third kappa shape index (κ3) is 2.53. The first-order valence-corrected chi connectivity index (χ1v) is 5.97. The summed E-state index contributed by atoms with van der Waals surface area (Å²) in [5, 5.41) is 11.9. The van der Waals surface area contributed by atoms with Crippen LogP contribution in [0.15, 0.2) is 23.5 Å². The number of ether oxygens (including phenoxy) is 1. The Labute approximate surface area is 106 Å². The molecule has 1 aromatic heterocycles. The van der Waals surface area contributed by atoms with E-state index < -0.39 is 0 Å². The average Bonchev–Trinajstić information content (AvgIpc) is 2.46. The van der Waals surface area contributed by atoms with Crippen LogP contribution in [0.2, 0.25) is 0 Å². The summed E-state index contributed by atoms with van der Waals surface area (Å²) in [6.45, 7) is 1.68. The molecule has 3 N–H and O–H groups in total. The van der Waals surface area contributed by atoms with Crippen molar-refractivity contribution in [3.63, 3.8) is 0 Å². The highest BCUT2D eigenvalue weighted by atomic mass is 16.5. The Morgan fingerprint density at radius 2 is 2.50 bits per heavy atom. The first kappa shape index (κ1) is 12.6. The van der Waals surface area contributed by atoms with Gasteiger partial charge < -0.3 is 20.6 Å². The molecule has 18 heavy (non-hydrogen) atoms. The Kier molecular flexibility index (Phi) is 3.99. The van der Waals surface area contributed by atoms with E-state index in [-0.39, 0.29) is 11.9 Å². The van der Waals surface area contributed by atoms with E-state index in [1.54, 1.807) is 25.4 Å². The number of nitrogens with zero attached hydrogens (tertiary/aromatic N) is 3. The van der Waals surface area contributed by atoms with Crippen molar-refractivity contribution in [3.8, 4) is 0 Å². The number of pyridine rings is 1. The fourth-order valence-corrected chi connectivity index (χ4v) is 2.23. The topological polar surface area (TPSA) is 84.0 Å². The third-order valence-electron chi connectivity index (χ3n) is 3.18. The van der Waals surface area contributed by atoms with Crippen LogP contribution in [-0.2, 0) is 4.74 Å².